The molecule has 1 saturated heterocycles. The number of aromatic nitrogens is 1. The van der Waals surface area contributed by atoms with Crippen molar-refractivity contribution in [2.24, 2.45) is 0 Å². The van der Waals surface area contributed by atoms with Crippen molar-refractivity contribution >= 4 is 12.2 Å². The highest BCUT2D eigenvalue weighted by atomic mass is 16.1. The Balaban J connectivity index is 2.27. The van der Waals surface area contributed by atoms with Crippen LogP contribution >= 0.6 is 0 Å². The van der Waals surface area contributed by atoms with Crippen LogP contribution in [0.1, 0.15) is 36.4 Å². The number of likely N-dealkylation sites (tertiary alicyclic amines) is 1. The smallest absolute Gasteiger partial charge is 0.210 e. The second-order valence-electron chi connectivity index (χ2n) is 4.33. The topological polar surface area (TPSA) is 59.2 Å². The predicted molar refractivity (Wildman–Crippen MR) is 62.7 cm³/mol. The minimum absolute atomic E-state index is 0.179. The number of nitrogens with two attached hydrogens (primary N) is 1. The average Bonchev–Trinajstić information content (AvgIpc) is 2.32. The first-order chi connectivity index (χ1) is 7.72. The maximum atomic E-state index is 11.0. The zero-order valence-electron chi connectivity index (χ0n) is 9.52. The fraction of sp³-hybridized carbons (Fsp3) is 0.500. The van der Waals surface area contributed by atoms with Crippen LogP contribution in [0.15, 0.2) is 12.3 Å². The number of amides is 1. The van der Waals surface area contributed by atoms with E-state index in [4.69, 9.17) is 5.73 Å². The predicted octanol–water partition coefficient (Wildman–Crippen LogP) is 1.66. The molecule has 86 valence electrons. The molecule has 4 nitrogen and oxygen atoms in total. The molecule has 2 rings (SSSR count). The lowest BCUT2D eigenvalue weighted by Crippen LogP contribution is -2.32. The molecule has 1 atom stereocenters. The van der Waals surface area contributed by atoms with Crippen molar-refractivity contribution in [1.29, 1.82) is 0 Å². The van der Waals surface area contributed by atoms with E-state index in [1.807, 2.05) is 17.9 Å². The van der Waals surface area contributed by atoms with Gasteiger partial charge >= 0.3 is 0 Å². The third kappa shape index (κ3) is 2.01. The zero-order valence-corrected chi connectivity index (χ0v) is 9.52. The summed E-state index contributed by atoms with van der Waals surface area (Å²) in [4.78, 5) is 17.0. The van der Waals surface area contributed by atoms with Crippen LogP contribution in [-0.4, -0.2) is 22.8 Å². The molecule has 0 aromatic carbocycles. The summed E-state index contributed by atoms with van der Waals surface area (Å²) in [5.74, 6) is 0.567. The van der Waals surface area contributed by atoms with E-state index in [0.29, 0.717) is 5.82 Å². The fourth-order valence-electron chi connectivity index (χ4n) is 2.23. The maximum absolute atomic E-state index is 11.0. The Morgan fingerprint density at radius 3 is 3.06 bits per heavy atom. The van der Waals surface area contributed by atoms with Gasteiger partial charge in [-0.25, -0.2) is 4.98 Å². The van der Waals surface area contributed by atoms with E-state index in [-0.39, 0.29) is 6.04 Å². The number of aryl methyl sites for hydroxylation is 1. The van der Waals surface area contributed by atoms with Crippen molar-refractivity contribution in [3.8, 4) is 0 Å². The summed E-state index contributed by atoms with van der Waals surface area (Å²) in [6.07, 6.45) is 6.00. The second kappa shape index (κ2) is 4.51. The summed E-state index contributed by atoms with van der Waals surface area (Å²) in [5.41, 5.74) is 7.77. The molecule has 1 amide bonds. The van der Waals surface area contributed by atoms with Crippen LogP contribution in [0.3, 0.4) is 0 Å². The summed E-state index contributed by atoms with van der Waals surface area (Å²) in [6, 6.07) is 2.22. The van der Waals surface area contributed by atoms with E-state index in [0.717, 1.165) is 36.9 Å². The van der Waals surface area contributed by atoms with Gasteiger partial charge in [-0.3, -0.25) is 4.79 Å². The normalized spacial score (nSPS) is 20.8. The van der Waals surface area contributed by atoms with Crippen molar-refractivity contribution in [3.63, 3.8) is 0 Å². The molecule has 2 N–H and O–H groups in total. The van der Waals surface area contributed by atoms with Crippen LogP contribution in [0.5, 0.6) is 0 Å². The molecule has 0 spiro atoms. The van der Waals surface area contributed by atoms with Gasteiger partial charge in [-0.2, -0.15) is 0 Å². The van der Waals surface area contributed by atoms with Gasteiger partial charge in [0.1, 0.15) is 5.82 Å². The van der Waals surface area contributed by atoms with E-state index in [1.54, 1.807) is 6.20 Å². The van der Waals surface area contributed by atoms with E-state index < -0.39 is 0 Å². The summed E-state index contributed by atoms with van der Waals surface area (Å²) < 4.78 is 0. The van der Waals surface area contributed by atoms with E-state index in [1.165, 1.54) is 6.42 Å². The first-order valence-electron chi connectivity index (χ1n) is 5.65. The highest BCUT2D eigenvalue weighted by Gasteiger charge is 2.22. The molecule has 16 heavy (non-hydrogen) atoms. The van der Waals surface area contributed by atoms with Crippen LogP contribution in [-0.2, 0) is 4.79 Å². The van der Waals surface area contributed by atoms with E-state index in [9.17, 15) is 4.79 Å². The van der Waals surface area contributed by atoms with Gasteiger partial charge in [-0.05, 0) is 43.4 Å². The van der Waals surface area contributed by atoms with Crippen LogP contribution in [0.25, 0.3) is 0 Å². The van der Waals surface area contributed by atoms with Gasteiger partial charge in [0, 0.05) is 12.7 Å². The molecule has 0 radical (unpaired) electrons. The number of hydrogen-bond acceptors (Lipinski definition) is 3. The van der Waals surface area contributed by atoms with Gasteiger partial charge in [0.05, 0.1) is 6.04 Å². The van der Waals surface area contributed by atoms with Gasteiger partial charge in [0.15, 0.2) is 0 Å². The quantitative estimate of drug-likeness (QED) is 0.769. The van der Waals surface area contributed by atoms with Crippen LogP contribution in [0.4, 0.5) is 5.82 Å². The molecular formula is C12H17N3O. The Morgan fingerprint density at radius 1 is 1.56 bits per heavy atom. The molecule has 2 heterocycles. The Hall–Kier alpha value is -1.58. The largest absolute Gasteiger partial charge is 0.383 e. The molecule has 4 heteroatoms. The SMILES string of the molecule is Cc1cc([C@H]2CCCCN2C=O)cnc1N. The molecule has 1 aromatic rings. The summed E-state index contributed by atoms with van der Waals surface area (Å²) in [7, 11) is 0. The average molecular weight is 219 g/mol. The molecule has 1 aromatic heterocycles. The Morgan fingerprint density at radius 2 is 2.38 bits per heavy atom. The molecule has 0 aliphatic carbocycles. The fourth-order valence-corrected chi connectivity index (χ4v) is 2.23. The lowest BCUT2D eigenvalue weighted by molar-refractivity contribution is -0.121. The molecule has 1 aliphatic rings. The number of rotatable bonds is 2. The first-order valence-corrected chi connectivity index (χ1v) is 5.65. The van der Waals surface area contributed by atoms with Crippen LogP contribution in [0.2, 0.25) is 0 Å². The lowest BCUT2D eigenvalue weighted by atomic mass is 9.96. The number of carbonyl (C=O) groups excluding carboxylic acids is 1. The summed E-state index contributed by atoms with van der Waals surface area (Å²) in [5, 5.41) is 0. The number of hydrogen-bond donors (Lipinski definition) is 1. The zero-order chi connectivity index (χ0) is 11.5. The second-order valence-corrected chi connectivity index (χ2v) is 4.33. The van der Waals surface area contributed by atoms with Gasteiger partial charge in [0.2, 0.25) is 6.41 Å². The van der Waals surface area contributed by atoms with Gasteiger partial charge in [0.25, 0.3) is 0 Å². The Kier molecular flexibility index (Phi) is 3.08. The van der Waals surface area contributed by atoms with Crippen LogP contribution < -0.4 is 5.73 Å². The number of nitrogens with zero attached hydrogens (tertiary/aromatic N) is 2. The minimum Gasteiger partial charge on any atom is -0.383 e. The number of pyridine rings is 1. The Bertz CT molecular complexity index is 392. The standard InChI is InChI=1S/C12H17N3O/c1-9-6-10(7-14-12(9)13)11-4-2-3-5-15(11)8-16/h6-8,11H,2-5H2,1H3,(H2,13,14)/t11-/m1/s1. The molecule has 0 unspecified atom stereocenters. The first kappa shape index (κ1) is 10.9. The molecule has 0 bridgehead atoms. The number of anilines is 1. The van der Waals surface area contributed by atoms with Gasteiger partial charge in [-0.15, -0.1) is 0 Å². The van der Waals surface area contributed by atoms with Crippen molar-refractivity contribution in [1.82, 2.24) is 9.88 Å². The minimum atomic E-state index is 0.179. The van der Waals surface area contributed by atoms with Crippen molar-refractivity contribution in [2.75, 3.05) is 12.3 Å². The molecule has 1 aliphatic heterocycles. The van der Waals surface area contributed by atoms with Crippen LogP contribution in [0, 0.1) is 6.92 Å². The number of piperidine rings is 1. The summed E-state index contributed by atoms with van der Waals surface area (Å²) in [6.45, 7) is 2.79. The highest BCUT2D eigenvalue weighted by molar-refractivity contribution is 5.50. The maximum Gasteiger partial charge on any atom is 0.210 e. The van der Waals surface area contributed by atoms with Gasteiger partial charge in [-0.1, -0.05) is 0 Å². The monoisotopic (exact) mass is 219 g/mol. The van der Waals surface area contributed by atoms with Crippen molar-refractivity contribution < 1.29 is 4.79 Å². The molecular weight excluding hydrogens is 202 g/mol. The van der Waals surface area contributed by atoms with Crippen molar-refractivity contribution in [2.45, 2.75) is 32.2 Å². The highest BCUT2D eigenvalue weighted by Crippen LogP contribution is 2.30. The number of carbonyl (C=O) groups is 1. The van der Waals surface area contributed by atoms with E-state index in [2.05, 4.69) is 4.98 Å². The molecule has 1 fully saturated rings. The lowest BCUT2D eigenvalue weighted by Gasteiger charge is -2.33. The third-order valence-corrected chi connectivity index (χ3v) is 3.20. The summed E-state index contributed by atoms with van der Waals surface area (Å²) >= 11 is 0. The number of nitrogen functional groups attached to an aromatic ring is 1. The van der Waals surface area contributed by atoms with Gasteiger partial charge < -0.3 is 10.6 Å². The molecule has 0 saturated carbocycles. The van der Waals surface area contributed by atoms with Crippen molar-refractivity contribution in [3.05, 3.63) is 23.4 Å². The third-order valence-electron chi connectivity index (χ3n) is 3.20. The Labute approximate surface area is 95.5 Å². The van der Waals surface area contributed by atoms with E-state index >= 15 is 0 Å².